The largest absolute Gasteiger partial charge is 0.457 e. The molecular weight excluding hydrogens is 322 g/mol. The lowest BCUT2D eigenvalue weighted by atomic mass is 9.96. The van der Waals surface area contributed by atoms with E-state index in [1.54, 1.807) is 24.3 Å². The number of ether oxygens (including phenoxy) is 1. The molecule has 0 aliphatic heterocycles. The Kier molecular flexibility index (Phi) is 5.21. The van der Waals surface area contributed by atoms with E-state index < -0.39 is 10.0 Å². The average molecular weight is 345 g/mol. The summed E-state index contributed by atoms with van der Waals surface area (Å²) < 4.78 is 33.6. The molecular formula is C19H23NO3S. The molecule has 0 aromatic heterocycles. The van der Waals surface area contributed by atoms with Crippen LogP contribution < -0.4 is 9.46 Å². The van der Waals surface area contributed by atoms with Crippen molar-refractivity contribution >= 4 is 10.0 Å². The number of hydrogen-bond acceptors (Lipinski definition) is 3. The first-order valence-corrected chi connectivity index (χ1v) is 9.89. The van der Waals surface area contributed by atoms with Crippen LogP contribution in [0.2, 0.25) is 0 Å². The van der Waals surface area contributed by atoms with Gasteiger partial charge < -0.3 is 4.74 Å². The smallest absolute Gasteiger partial charge is 0.240 e. The van der Waals surface area contributed by atoms with Gasteiger partial charge in [0, 0.05) is 6.04 Å². The minimum atomic E-state index is -3.46. The SMILES string of the molecule is Cc1ccccc1Oc1ccc(S(=O)(=O)NC2CCCCC2)cc1. The molecule has 5 heteroatoms. The zero-order chi connectivity index (χ0) is 17.0. The zero-order valence-corrected chi connectivity index (χ0v) is 14.7. The molecule has 0 bridgehead atoms. The Morgan fingerprint density at radius 2 is 1.62 bits per heavy atom. The van der Waals surface area contributed by atoms with Gasteiger partial charge in [0.25, 0.3) is 0 Å². The molecule has 0 atom stereocenters. The van der Waals surface area contributed by atoms with Crippen molar-refractivity contribution in [2.75, 3.05) is 0 Å². The third kappa shape index (κ3) is 4.16. The molecule has 1 N–H and O–H groups in total. The summed E-state index contributed by atoms with van der Waals surface area (Å²) in [7, 11) is -3.46. The molecule has 128 valence electrons. The van der Waals surface area contributed by atoms with Crippen LogP contribution in [0.25, 0.3) is 0 Å². The van der Waals surface area contributed by atoms with E-state index in [1.807, 2.05) is 31.2 Å². The molecule has 1 aliphatic carbocycles. The summed E-state index contributed by atoms with van der Waals surface area (Å²) in [5, 5.41) is 0. The maximum Gasteiger partial charge on any atom is 0.240 e. The monoisotopic (exact) mass is 345 g/mol. The van der Waals surface area contributed by atoms with E-state index in [0.717, 1.165) is 37.0 Å². The predicted molar refractivity (Wildman–Crippen MR) is 94.9 cm³/mol. The Morgan fingerprint density at radius 3 is 2.29 bits per heavy atom. The van der Waals surface area contributed by atoms with E-state index in [-0.39, 0.29) is 10.9 Å². The van der Waals surface area contributed by atoms with Crippen LogP contribution in [-0.4, -0.2) is 14.5 Å². The molecule has 1 aliphatic rings. The summed E-state index contributed by atoms with van der Waals surface area (Å²) in [6, 6.07) is 14.4. The van der Waals surface area contributed by atoms with Gasteiger partial charge in [0.15, 0.2) is 0 Å². The molecule has 2 aromatic rings. The van der Waals surface area contributed by atoms with Gasteiger partial charge in [0.2, 0.25) is 10.0 Å². The van der Waals surface area contributed by atoms with Crippen LogP contribution in [0.15, 0.2) is 53.4 Å². The van der Waals surface area contributed by atoms with E-state index in [1.165, 1.54) is 6.42 Å². The van der Waals surface area contributed by atoms with Crippen LogP contribution in [0, 0.1) is 6.92 Å². The zero-order valence-electron chi connectivity index (χ0n) is 13.9. The highest BCUT2D eigenvalue weighted by molar-refractivity contribution is 7.89. The van der Waals surface area contributed by atoms with Gasteiger partial charge >= 0.3 is 0 Å². The number of benzene rings is 2. The van der Waals surface area contributed by atoms with Crippen LogP contribution in [0.4, 0.5) is 0 Å². The van der Waals surface area contributed by atoms with Crippen molar-refractivity contribution in [2.45, 2.75) is 50.0 Å². The maximum atomic E-state index is 12.5. The number of para-hydroxylation sites is 1. The minimum Gasteiger partial charge on any atom is -0.457 e. The molecule has 4 nitrogen and oxygen atoms in total. The van der Waals surface area contributed by atoms with E-state index in [2.05, 4.69) is 4.72 Å². The van der Waals surface area contributed by atoms with Gasteiger partial charge in [-0.25, -0.2) is 13.1 Å². The van der Waals surface area contributed by atoms with Gasteiger partial charge in [0.05, 0.1) is 4.90 Å². The lowest BCUT2D eigenvalue weighted by Crippen LogP contribution is -2.36. The van der Waals surface area contributed by atoms with Gasteiger partial charge in [-0.1, -0.05) is 37.5 Å². The highest BCUT2D eigenvalue weighted by Gasteiger charge is 2.21. The summed E-state index contributed by atoms with van der Waals surface area (Å²) >= 11 is 0. The highest BCUT2D eigenvalue weighted by Crippen LogP contribution is 2.26. The fraction of sp³-hybridized carbons (Fsp3) is 0.368. The Balaban J connectivity index is 1.70. The third-order valence-electron chi connectivity index (χ3n) is 4.38. The Morgan fingerprint density at radius 1 is 0.958 bits per heavy atom. The van der Waals surface area contributed by atoms with Crippen LogP contribution in [0.1, 0.15) is 37.7 Å². The molecule has 0 heterocycles. The molecule has 0 spiro atoms. The van der Waals surface area contributed by atoms with Gasteiger partial charge in [-0.05, 0) is 55.7 Å². The van der Waals surface area contributed by atoms with E-state index in [0.29, 0.717) is 5.75 Å². The molecule has 0 unspecified atom stereocenters. The molecule has 0 amide bonds. The van der Waals surface area contributed by atoms with Crippen molar-refractivity contribution in [1.82, 2.24) is 4.72 Å². The number of hydrogen-bond donors (Lipinski definition) is 1. The summed E-state index contributed by atoms with van der Waals surface area (Å²) in [5.41, 5.74) is 1.04. The van der Waals surface area contributed by atoms with Crippen LogP contribution in [0.5, 0.6) is 11.5 Å². The Bertz CT molecular complexity index is 779. The number of rotatable bonds is 5. The van der Waals surface area contributed by atoms with E-state index in [4.69, 9.17) is 4.74 Å². The first-order valence-electron chi connectivity index (χ1n) is 8.40. The lowest BCUT2D eigenvalue weighted by Gasteiger charge is -2.22. The van der Waals surface area contributed by atoms with Crippen molar-refractivity contribution in [3.63, 3.8) is 0 Å². The van der Waals surface area contributed by atoms with Crippen molar-refractivity contribution < 1.29 is 13.2 Å². The standard InChI is InChI=1S/C19H23NO3S/c1-15-7-5-6-10-19(15)23-17-11-13-18(14-12-17)24(21,22)20-16-8-3-2-4-9-16/h5-7,10-14,16,20H,2-4,8-9H2,1H3. The normalized spacial score (nSPS) is 16.0. The van der Waals surface area contributed by atoms with E-state index in [9.17, 15) is 8.42 Å². The maximum absolute atomic E-state index is 12.5. The quantitative estimate of drug-likeness (QED) is 0.874. The molecule has 3 rings (SSSR count). The second kappa shape index (κ2) is 7.36. The summed E-state index contributed by atoms with van der Waals surface area (Å²) in [6.45, 7) is 1.97. The number of sulfonamides is 1. The first kappa shape index (κ1) is 17.0. The molecule has 24 heavy (non-hydrogen) atoms. The second-order valence-electron chi connectivity index (χ2n) is 6.30. The van der Waals surface area contributed by atoms with Crippen molar-refractivity contribution in [3.8, 4) is 11.5 Å². The van der Waals surface area contributed by atoms with Crippen LogP contribution in [-0.2, 0) is 10.0 Å². The van der Waals surface area contributed by atoms with Crippen LogP contribution in [0.3, 0.4) is 0 Å². The average Bonchev–Trinajstić information content (AvgIpc) is 2.58. The molecule has 0 radical (unpaired) electrons. The molecule has 0 saturated heterocycles. The van der Waals surface area contributed by atoms with Crippen LogP contribution >= 0.6 is 0 Å². The van der Waals surface area contributed by atoms with Crippen molar-refractivity contribution in [3.05, 3.63) is 54.1 Å². The highest BCUT2D eigenvalue weighted by atomic mass is 32.2. The summed E-state index contributed by atoms with van der Waals surface area (Å²) in [4.78, 5) is 0.283. The molecule has 1 saturated carbocycles. The van der Waals surface area contributed by atoms with Gasteiger partial charge in [-0.3, -0.25) is 0 Å². The van der Waals surface area contributed by atoms with Gasteiger partial charge in [0.1, 0.15) is 11.5 Å². The number of nitrogens with one attached hydrogen (secondary N) is 1. The van der Waals surface area contributed by atoms with Gasteiger partial charge in [-0.2, -0.15) is 0 Å². The summed E-state index contributed by atoms with van der Waals surface area (Å²) in [6.07, 6.45) is 5.23. The predicted octanol–water partition coefficient (Wildman–Crippen LogP) is 4.40. The fourth-order valence-electron chi connectivity index (χ4n) is 2.99. The summed E-state index contributed by atoms with van der Waals surface area (Å²) in [5.74, 6) is 1.40. The molecule has 1 fully saturated rings. The molecule has 2 aromatic carbocycles. The lowest BCUT2D eigenvalue weighted by molar-refractivity contribution is 0.412. The second-order valence-corrected chi connectivity index (χ2v) is 8.01. The Hall–Kier alpha value is -1.85. The fourth-order valence-corrected chi connectivity index (χ4v) is 4.30. The van der Waals surface area contributed by atoms with Crippen molar-refractivity contribution in [1.29, 1.82) is 0 Å². The van der Waals surface area contributed by atoms with Gasteiger partial charge in [-0.15, -0.1) is 0 Å². The first-order chi connectivity index (χ1) is 11.5. The number of aryl methyl sites for hydroxylation is 1. The minimum absolute atomic E-state index is 0.0617. The topological polar surface area (TPSA) is 55.4 Å². The van der Waals surface area contributed by atoms with Crippen molar-refractivity contribution in [2.24, 2.45) is 0 Å². The Labute approximate surface area is 143 Å². The third-order valence-corrected chi connectivity index (χ3v) is 5.92. The van der Waals surface area contributed by atoms with E-state index >= 15 is 0 Å².